The quantitative estimate of drug-likeness (QED) is 0.259. The summed E-state index contributed by atoms with van der Waals surface area (Å²) in [6.45, 7) is 0.522. The van der Waals surface area contributed by atoms with Crippen molar-refractivity contribution in [2.45, 2.75) is 24.8 Å². The summed E-state index contributed by atoms with van der Waals surface area (Å²) in [5, 5.41) is 22.3. The molecule has 0 saturated carbocycles. The molecule has 41 heavy (non-hydrogen) atoms. The molecule has 1 aromatic carbocycles. The summed E-state index contributed by atoms with van der Waals surface area (Å²) in [5.74, 6) is -1.75. The van der Waals surface area contributed by atoms with Crippen molar-refractivity contribution in [1.82, 2.24) is 5.32 Å². The number of alkyl halides is 3. The summed E-state index contributed by atoms with van der Waals surface area (Å²) in [6.07, 6.45) is -6.23. The Bertz CT molecular complexity index is 1290. The lowest BCUT2D eigenvalue weighted by molar-refractivity contribution is -0.152. The minimum absolute atomic E-state index is 0.00626. The van der Waals surface area contributed by atoms with Crippen molar-refractivity contribution < 1.29 is 42.1 Å². The van der Waals surface area contributed by atoms with E-state index in [9.17, 15) is 37.9 Å². The van der Waals surface area contributed by atoms with Crippen molar-refractivity contribution in [3.63, 3.8) is 0 Å². The third-order valence-electron chi connectivity index (χ3n) is 6.40. The van der Waals surface area contributed by atoms with Crippen LogP contribution in [0, 0.1) is 11.3 Å². The molecule has 4 N–H and O–H groups in total. The number of hydrogen-bond donors (Lipinski definition) is 3. The first-order valence-electron chi connectivity index (χ1n) is 12.6. The fraction of sp³-hybridized carbons (Fsp3) is 0.407. The number of likely N-dealkylation sites (N-methyl/N-ethyl adjacent to an activating group) is 1. The van der Waals surface area contributed by atoms with E-state index in [4.69, 9.17) is 15.2 Å². The highest BCUT2D eigenvalue weighted by molar-refractivity contribution is 6.01. The number of aldehydes is 1. The maximum atomic E-state index is 13.5. The summed E-state index contributed by atoms with van der Waals surface area (Å²) in [7, 11) is 1.81. The molecule has 2 unspecified atom stereocenters. The number of nitriles is 1. The average Bonchev–Trinajstić information content (AvgIpc) is 3.14. The molecule has 2 atom stereocenters. The van der Waals surface area contributed by atoms with Gasteiger partial charge in [-0.15, -0.1) is 0 Å². The predicted molar refractivity (Wildman–Crippen MR) is 141 cm³/mol. The number of halogens is 3. The summed E-state index contributed by atoms with van der Waals surface area (Å²) in [4.78, 5) is 39.8. The molecule has 2 amide bonds. The van der Waals surface area contributed by atoms with Gasteiger partial charge in [0.2, 0.25) is 0 Å². The molecule has 1 aromatic rings. The molecular weight excluding hydrogens is 547 g/mol. The molecule has 14 heteroatoms. The minimum atomic E-state index is -4.82. The number of anilines is 2. The number of nitrogens with zero attached hydrogens (tertiary/aromatic N) is 3. The summed E-state index contributed by atoms with van der Waals surface area (Å²) in [5.41, 5.74) is 4.78. The van der Waals surface area contributed by atoms with Gasteiger partial charge in [-0.3, -0.25) is 9.59 Å². The first-order valence-corrected chi connectivity index (χ1v) is 12.6. The van der Waals surface area contributed by atoms with Crippen molar-refractivity contribution in [2.24, 2.45) is 5.73 Å². The van der Waals surface area contributed by atoms with Crippen LogP contribution < -0.4 is 20.9 Å². The number of ether oxygens (including phenoxy) is 2. The molecule has 0 aromatic heterocycles. The Balaban J connectivity index is 1.73. The number of allylic oxidation sites excluding steroid dienone is 3. The number of nitrogens with two attached hydrogens (primary N) is 1. The fourth-order valence-corrected chi connectivity index (χ4v) is 4.28. The topological polar surface area (TPSA) is 158 Å². The van der Waals surface area contributed by atoms with E-state index in [-0.39, 0.29) is 31.0 Å². The lowest BCUT2D eigenvalue weighted by Gasteiger charge is -2.34. The molecule has 11 nitrogen and oxygen atoms in total. The number of rotatable bonds is 11. The molecule has 1 aliphatic heterocycles. The van der Waals surface area contributed by atoms with Gasteiger partial charge in [-0.2, -0.15) is 18.4 Å². The van der Waals surface area contributed by atoms with Gasteiger partial charge >= 0.3 is 6.18 Å². The molecule has 1 saturated heterocycles. The zero-order valence-electron chi connectivity index (χ0n) is 22.2. The van der Waals surface area contributed by atoms with E-state index in [1.807, 2.05) is 11.0 Å². The van der Waals surface area contributed by atoms with Crippen LogP contribution in [0.3, 0.4) is 0 Å². The summed E-state index contributed by atoms with van der Waals surface area (Å²) < 4.78 is 51.0. The normalized spacial score (nSPS) is 18.6. The number of carbonyl (C=O) groups excluding carboxylic acids is 3. The Morgan fingerprint density at radius 1 is 1.44 bits per heavy atom. The van der Waals surface area contributed by atoms with Gasteiger partial charge in [0.1, 0.15) is 19.0 Å². The smallest absolute Gasteiger partial charge is 0.380 e. The largest absolute Gasteiger partial charge is 0.417 e. The monoisotopic (exact) mass is 577 g/mol. The van der Waals surface area contributed by atoms with E-state index in [0.29, 0.717) is 25.1 Å². The number of benzene rings is 1. The lowest BCUT2D eigenvalue weighted by Crippen LogP contribution is -2.56. The Kier molecular flexibility index (Phi) is 10.8. The fourth-order valence-electron chi connectivity index (χ4n) is 4.28. The molecule has 0 spiro atoms. The predicted octanol–water partition coefficient (Wildman–Crippen LogP) is 1.10. The highest BCUT2D eigenvalue weighted by atomic mass is 19.4. The Labute approximate surface area is 234 Å². The maximum Gasteiger partial charge on any atom is 0.417 e. The molecule has 220 valence electrons. The van der Waals surface area contributed by atoms with Crippen LogP contribution in [-0.4, -0.2) is 88.1 Å². The molecule has 1 fully saturated rings. The van der Waals surface area contributed by atoms with E-state index >= 15 is 0 Å². The van der Waals surface area contributed by atoms with Gasteiger partial charge in [-0.05, 0) is 29.8 Å². The van der Waals surface area contributed by atoms with Gasteiger partial charge in [0.05, 0.1) is 24.4 Å². The first-order chi connectivity index (χ1) is 19.5. The SMILES string of the molecule is CN(CCOCC=O)c1cccc(N2CCOC(C(O)C(=O)NC3=CC(CN)=C(C#N)C(C(F)(F)F)=CC3)C2=O)c1. The highest BCUT2D eigenvalue weighted by Gasteiger charge is 2.40. The minimum Gasteiger partial charge on any atom is -0.380 e. The molecule has 1 aliphatic carbocycles. The van der Waals surface area contributed by atoms with Crippen LogP contribution in [0.2, 0.25) is 0 Å². The van der Waals surface area contributed by atoms with Crippen LogP contribution >= 0.6 is 0 Å². The van der Waals surface area contributed by atoms with Crippen molar-refractivity contribution in [1.29, 1.82) is 5.26 Å². The van der Waals surface area contributed by atoms with E-state index in [0.717, 1.165) is 17.8 Å². The average molecular weight is 578 g/mol. The summed E-state index contributed by atoms with van der Waals surface area (Å²) in [6, 6.07) is 8.48. The van der Waals surface area contributed by atoms with Gasteiger partial charge in [-0.1, -0.05) is 12.1 Å². The Hall–Kier alpha value is -4.03. The van der Waals surface area contributed by atoms with Crippen LogP contribution in [-0.2, 0) is 23.9 Å². The van der Waals surface area contributed by atoms with Crippen LogP contribution in [0.4, 0.5) is 24.5 Å². The van der Waals surface area contributed by atoms with Crippen LogP contribution in [0.15, 0.2) is 58.8 Å². The molecule has 1 heterocycles. The highest BCUT2D eigenvalue weighted by Crippen LogP contribution is 2.35. The van der Waals surface area contributed by atoms with Gasteiger partial charge in [0, 0.05) is 50.2 Å². The van der Waals surface area contributed by atoms with Gasteiger partial charge < -0.3 is 40.2 Å². The molecule has 3 rings (SSSR count). The van der Waals surface area contributed by atoms with E-state index in [1.165, 1.54) is 11.0 Å². The van der Waals surface area contributed by atoms with Crippen molar-refractivity contribution in [2.75, 3.05) is 56.3 Å². The van der Waals surface area contributed by atoms with Crippen LogP contribution in [0.1, 0.15) is 6.42 Å². The third kappa shape index (κ3) is 7.80. The second-order valence-corrected chi connectivity index (χ2v) is 9.10. The molecule has 0 radical (unpaired) electrons. The third-order valence-corrected chi connectivity index (χ3v) is 6.40. The number of aliphatic hydroxyl groups is 1. The lowest BCUT2D eigenvalue weighted by atomic mass is 10.0. The van der Waals surface area contributed by atoms with Gasteiger partial charge in [0.25, 0.3) is 11.8 Å². The van der Waals surface area contributed by atoms with Gasteiger partial charge in [0.15, 0.2) is 12.2 Å². The van der Waals surface area contributed by atoms with Crippen molar-refractivity contribution in [3.8, 4) is 6.07 Å². The number of hydrogen-bond acceptors (Lipinski definition) is 9. The van der Waals surface area contributed by atoms with Crippen LogP contribution in [0.5, 0.6) is 0 Å². The second kappa shape index (κ2) is 14.0. The standard InChI is InChI=1S/C27H30F3N5O6/c1-34(7-10-40-12-9-36)19-3-2-4-20(14-19)35-8-11-41-24(26(35)39)23(37)25(38)33-18-5-6-22(27(28,29)30)21(16-32)17(13-18)15-31/h2-4,6,9,13-14,23-24,37H,5,7-8,10-12,15,31H2,1H3,(H,33,38). The van der Waals surface area contributed by atoms with E-state index in [1.54, 1.807) is 25.2 Å². The summed E-state index contributed by atoms with van der Waals surface area (Å²) >= 11 is 0. The zero-order chi connectivity index (χ0) is 30.2. The number of nitrogens with one attached hydrogen (secondary N) is 1. The molecular formula is C27H30F3N5O6. The first kappa shape index (κ1) is 31.5. The van der Waals surface area contributed by atoms with Crippen molar-refractivity contribution >= 4 is 29.5 Å². The molecule has 2 aliphatic rings. The van der Waals surface area contributed by atoms with Gasteiger partial charge in [-0.25, -0.2) is 0 Å². The number of amides is 2. The Morgan fingerprint density at radius 3 is 2.85 bits per heavy atom. The second-order valence-electron chi connectivity index (χ2n) is 9.10. The van der Waals surface area contributed by atoms with E-state index in [2.05, 4.69) is 5.32 Å². The van der Waals surface area contributed by atoms with Crippen molar-refractivity contribution in [3.05, 3.63) is 58.8 Å². The number of aliphatic hydroxyl groups excluding tert-OH is 1. The van der Waals surface area contributed by atoms with E-state index < -0.39 is 54.3 Å². The maximum absolute atomic E-state index is 13.5. The zero-order valence-corrected chi connectivity index (χ0v) is 22.2. The molecule has 0 bridgehead atoms. The van der Waals surface area contributed by atoms with Crippen LogP contribution in [0.25, 0.3) is 0 Å². The number of carbonyl (C=O) groups is 3. The Morgan fingerprint density at radius 2 is 2.20 bits per heavy atom. The number of morpholine rings is 1.